The summed E-state index contributed by atoms with van der Waals surface area (Å²) in [6.45, 7) is 9.79. The molecule has 0 saturated carbocycles. The van der Waals surface area contributed by atoms with Crippen molar-refractivity contribution in [1.29, 1.82) is 0 Å². The Labute approximate surface area is 380 Å². The molecule has 4 aromatic rings. The number of carbonyl (C=O) groups excluding carboxylic acids is 4. The van der Waals surface area contributed by atoms with E-state index in [9.17, 15) is 23.7 Å². The maximum absolute atomic E-state index is 13.2. The fourth-order valence-corrected chi connectivity index (χ4v) is 11.0. The van der Waals surface area contributed by atoms with E-state index in [0.29, 0.717) is 66.9 Å². The highest BCUT2D eigenvalue weighted by Crippen LogP contribution is 2.37. The van der Waals surface area contributed by atoms with E-state index >= 15 is 0 Å². The second-order valence-corrected chi connectivity index (χ2v) is 21.3. The number of nitrogens with zero attached hydrogens (tertiary/aromatic N) is 6. The van der Waals surface area contributed by atoms with Crippen LogP contribution >= 0.6 is 18.7 Å². The van der Waals surface area contributed by atoms with Gasteiger partial charge in [0.25, 0.3) is 5.91 Å². The number of methoxy groups -OCH3 is 1. The Hall–Kier alpha value is -5.30. The molecular formula is C48H58ClN8O6P. The summed E-state index contributed by atoms with van der Waals surface area (Å²) < 4.78 is 18.8. The minimum Gasteiger partial charge on any atom is -0.496 e. The summed E-state index contributed by atoms with van der Waals surface area (Å²) in [6, 6.07) is 19.6. The maximum Gasteiger partial charge on any atom is 0.255 e. The zero-order valence-corrected chi connectivity index (χ0v) is 38.6. The van der Waals surface area contributed by atoms with Crippen LogP contribution in [0.15, 0.2) is 66.9 Å². The summed E-state index contributed by atoms with van der Waals surface area (Å²) in [6.07, 6.45) is 7.45. The average molecular weight is 909 g/mol. The molecule has 2 N–H and O–H groups in total. The standard InChI is InChI=1S/C48H58ClN8O6P/c1-63-42-29-37(13-11-32(42)28-44-51-30-39(49)40(52-44)27-33-8-4-5-9-43(33)64(2,3)62)54-20-17-36(18-21-54)55-22-24-56(25-23-55)46(59)10-6-7-19-50-35-12-14-38-34(26-35)31-57(48(38)61)41-15-16-45(58)53-47(41)60/h4-5,8-9,11-14,26,29-30,36,41,50H,6-7,10,15-25,27-28,31H2,1-3H3,(H,53,58,60). The number of hydrogen-bond donors (Lipinski definition) is 2. The summed E-state index contributed by atoms with van der Waals surface area (Å²) >= 11 is 6.57. The molecule has 4 amide bonds. The Morgan fingerprint density at radius 3 is 2.45 bits per heavy atom. The molecule has 64 heavy (non-hydrogen) atoms. The van der Waals surface area contributed by atoms with Crippen LogP contribution in [-0.4, -0.2) is 127 Å². The molecule has 0 bridgehead atoms. The third-order valence-electron chi connectivity index (χ3n) is 13.1. The van der Waals surface area contributed by atoms with Crippen molar-refractivity contribution in [3.05, 3.63) is 106 Å². The highest BCUT2D eigenvalue weighted by atomic mass is 35.5. The summed E-state index contributed by atoms with van der Waals surface area (Å²) in [5, 5.41) is 7.10. The van der Waals surface area contributed by atoms with Gasteiger partial charge in [0.1, 0.15) is 24.8 Å². The van der Waals surface area contributed by atoms with Crippen molar-refractivity contribution in [3.63, 3.8) is 0 Å². The molecular weight excluding hydrogens is 851 g/mol. The Kier molecular flexibility index (Phi) is 14.0. The molecule has 5 heterocycles. The number of anilines is 2. The first-order valence-electron chi connectivity index (χ1n) is 22.4. The van der Waals surface area contributed by atoms with Crippen LogP contribution in [0.25, 0.3) is 0 Å². The van der Waals surface area contributed by atoms with Gasteiger partial charge in [-0.05, 0) is 80.8 Å². The number of amides is 4. The van der Waals surface area contributed by atoms with Gasteiger partial charge in [0.05, 0.1) is 17.8 Å². The first-order chi connectivity index (χ1) is 30.8. The predicted molar refractivity (Wildman–Crippen MR) is 249 cm³/mol. The number of aromatic nitrogens is 2. The van der Waals surface area contributed by atoms with Gasteiger partial charge in [-0.3, -0.25) is 29.4 Å². The minimum absolute atomic E-state index is 0.179. The number of benzene rings is 3. The van der Waals surface area contributed by atoms with Crippen molar-refractivity contribution >= 4 is 59.1 Å². The summed E-state index contributed by atoms with van der Waals surface area (Å²) in [5.41, 5.74) is 6.14. The number of halogens is 1. The molecule has 8 rings (SSSR count). The highest BCUT2D eigenvalue weighted by molar-refractivity contribution is 7.70. The van der Waals surface area contributed by atoms with E-state index in [1.165, 1.54) is 0 Å². The van der Waals surface area contributed by atoms with Crippen LogP contribution in [-0.2, 0) is 38.3 Å². The Morgan fingerprint density at radius 2 is 1.70 bits per heavy atom. The zero-order valence-electron chi connectivity index (χ0n) is 37.0. The van der Waals surface area contributed by atoms with Crippen molar-refractivity contribution < 1.29 is 28.5 Å². The van der Waals surface area contributed by atoms with Crippen LogP contribution in [0.3, 0.4) is 0 Å². The van der Waals surface area contributed by atoms with Gasteiger partial charge in [0, 0.05) is 124 Å². The summed E-state index contributed by atoms with van der Waals surface area (Å²) in [7, 11) is -0.783. The maximum atomic E-state index is 13.2. The van der Waals surface area contributed by atoms with Crippen LogP contribution in [0.5, 0.6) is 5.75 Å². The Balaban J connectivity index is 0.749. The molecule has 4 aliphatic heterocycles. The molecule has 16 heteroatoms. The van der Waals surface area contributed by atoms with Crippen molar-refractivity contribution in [1.82, 2.24) is 30.0 Å². The van der Waals surface area contributed by atoms with Gasteiger partial charge in [-0.25, -0.2) is 9.97 Å². The quantitative estimate of drug-likeness (QED) is 0.0854. The van der Waals surface area contributed by atoms with Gasteiger partial charge < -0.3 is 29.3 Å². The van der Waals surface area contributed by atoms with E-state index in [-0.39, 0.29) is 24.1 Å². The number of hydrogen-bond acceptors (Lipinski definition) is 11. The number of piperidine rings is 2. The van der Waals surface area contributed by atoms with Gasteiger partial charge in [-0.2, -0.15) is 0 Å². The summed E-state index contributed by atoms with van der Waals surface area (Å²) in [4.78, 5) is 68.1. The molecule has 14 nitrogen and oxygen atoms in total. The van der Waals surface area contributed by atoms with Crippen LogP contribution in [0.1, 0.15) is 83.5 Å². The number of ether oxygens (including phenoxy) is 1. The molecule has 3 saturated heterocycles. The molecule has 1 aromatic heterocycles. The smallest absolute Gasteiger partial charge is 0.255 e. The number of nitrogens with one attached hydrogen (secondary N) is 2. The molecule has 0 aliphatic carbocycles. The number of piperazine rings is 1. The highest BCUT2D eigenvalue weighted by Gasteiger charge is 2.39. The van der Waals surface area contributed by atoms with Gasteiger partial charge in [0.15, 0.2) is 0 Å². The van der Waals surface area contributed by atoms with Crippen LogP contribution in [0.2, 0.25) is 5.02 Å². The monoisotopic (exact) mass is 908 g/mol. The average Bonchev–Trinajstić information content (AvgIpc) is 3.61. The van der Waals surface area contributed by atoms with E-state index in [4.69, 9.17) is 21.3 Å². The molecule has 1 unspecified atom stereocenters. The minimum atomic E-state index is -2.48. The van der Waals surface area contributed by atoms with Crippen LogP contribution < -0.4 is 25.6 Å². The number of imide groups is 1. The van der Waals surface area contributed by atoms with E-state index in [1.54, 1.807) is 37.6 Å². The largest absolute Gasteiger partial charge is 0.496 e. The van der Waals surface area contributed by atoms with Crippen molar-refractivity contribution in [2.45, 2.75) is 76.4 Å². The summed E-state index contributed by atoms with van der Waals surface area (Å²) in [5.74, 6) is 0.764. The lowest BCUT2D eigenvalue weighted by atomic mass is 10.0. The number of unbranched alkanes of at least 4 members (excludes halogenated alkanes) is 1. The Morgan fingerprint density at radius 1 is 0.922 bits per heavy atom. The Bertz CT molecular complexity index is 2450. The number of carbonyl (C=O) groups is 4. The van der Waals surface area contributed by atoms with Gasteiger partial charge in [-0.1, -0.05) is 41.9 Å². The second-order valence-electron chi connectivity index (χ2n) is 17.7. The lowest BCUT2D eigenvalue weighted by Gasteiger charge is -2.43. The predicted octanol–water partition coefficient (Wildman–Crippen LogP) is 5.72. The molecule has 3 fully saturated rings. The molecule has 0 spiro atoms. The first-order valence-corrected chi connectivity index (χ1v) is 25.4. The fraction of sp³-hybridized carbons (Fsp3) is 0.458. The topological polar surface area (TPSA) is 157 Å². The van der Waals surface area contributed by atoms with Gasteiger partial charge >= 0.3 is 0 Å². The van der Waals surface area contributed by atoms with Crippen molar-refractivity contribution in [2.75, 3.05) is 76.5 Å². The number of rotatable bonds is 15. The third-order valence-corrected chi connectivity index (χ3v) is 15.0. The molecule has 3 aromatic carbocycles. The first kappa shape index (κ1) is 45.3. The van der Waals surface area contributed by atoms with Crippen LogP contribution in [0, 0.1) is 0 Å². The van der Waals surface area contributed by atoms with Crippen LogP contribution in [0.4, 0.5) is 11.4 Å². The zero-order chi connectivity index (χ0) is 45.0. The molecule has 1 atom stereocenters. The number of fused-ring (bicyclic) bond motifs is 1. The molecule has 0 radical (unpaired) electrons. The van der Waals surface area contributed by atoms with Gasteiger partial charge in [0.2, 0.25) is 17.7 Å². The molecule has 338 valence electrons. The lowest BCUT2D eigenvalue weighted by molar-refractivity contribution is -0.137. The van der Waals surface area contributed by atoms with E-state index in [2.05, 4.69) is 43.6 Å². The molecule has 4 aliphatic rings. The second kappa shape index (κ2) is 19.8. The lowest BCUT2D eigenvalue weighted by Crippen LogP contribution is -2.54. The van der Waals surface area contributed by atoms with Gasteiger partial charge in [-0.15, -0.1) is 0 Å². The third kappa shape index (κ3) is 10.5. The normalized spacial score (nSPS) is 18.6. The van der Waals surface area contributed by atoms with E-state index < -0.39 is 19.1 Å². The van der Waals surface area contributed by atoms with Crippen molar-refractivity contribution in [3.8, 4) is 5.75 Å². The van der Waals surface area contributed by atoms with E-state index in [0.717, 1.165) is 104 Å². The SMILES string of the molecule is COc1cc(N2CCC(N3CCN(C(=O)CCCCNc4ccc5c(c4)CN(C4CCC(=O)NC4=O)C5=O)CC3)CC2)ccc1Cc1ncc(Cl)c(Cc2ccccc2P(C)(C)=O)n1. The van der Waals surface area contributed by atoms with E-state index in [1.807, 2.05) is 41.3 Å². The fourth-order valence-electron chi connectivity index (χ4n) is 9.57. The van der Waals surface area contributed by atoms with Crippen molar-refractivity contribution in [2.24, 2.45) is 0 Å².